The summed E-state index contributed by atoms with van der Waals surface area (Å²) < 4.78 is 4.78. The van der Waals surface area contributed by atoms with Crippen LogP contribution in [0.1, 0.15) is 0 Å². The molecule has 0 aliphatic rings. The van der Waals surface area contributed by atoms with E-state index >= 15 is 0 Å². The van der Waals surface area contributed by atoms with Crippen LogP contribution in [-0.2, 0) is 0 Å². The van der Waals surface area contributed by atoms with Crippen molar-refractivity contribution in [1.82, 2.24) is 9.13 Å². The van der Waals surface area contributed by atoms with E-state index in [1.807, 2.05) is 0 Å². The summed E-state index contributed by atoms with van der Waals surface area (Å²) in [5.74, 6) is 0. The number of hydrogen-bond acceptors (Lipinski definition) is 1. The van der Waals surface area contributed by atoms with Crippen LogP contribution in [0.2, 0.25) is 0 Å². The molecule has 296 valence electrons. The summed E-state index contributed by atoms with van der Waals surface area (Å²) >= 11 is 0. The fourth-order valence-electron chi connectivity index (χ4n) is 9.50. The molecule has 0 aliphatic carbocycles. The molecule has 0 aliphatic heterocycles. The average Bonchev–Trinajstić information content (AvgIpc) is 3.88. The number of hydrogen-bond donors (Lipinski definition) is 0. The molecule has 0 spiro atoms. The molecule has 63 heavy (non-hydrogen) atoms. The van der Waals surface area contributed by atoms with Crippen LogP contribution in [-0.4, -0.2) is 9.13 Å². The summed E-state index contributed by atoms with van der Waals surface area (Å²) in [6.45, 7) is 0. The molecule has 0 fully saturated rings. The molecule has 0 bridgehead atoms. The molecule has 3 nitrogen and oxygen atoms in total. The Morgan fingerprint density at radius 3 is 1.19 bits per heavy atom. The molecule has 12 rings (SSSR count). The van der Waals surface area contributed by atoms with E-state index in [2.05, 4.69) is 263 Å². The highest BCUT2D eigenvalue weighted by molar-refractivity contribution is 6.11. The van der Waals surface area contributed by atoms with E-state index in [1.165, 1.54) is 77.0 Å². The van der Waals surface area contributed by atoms with Gasteiger partial charge in [0.15, 0.2) is 0 Å². The fraction of sp³-hybridized carbons (Fsp3) is 0. The van der Waals surface area contributed by atoms with Crippen molar-refractivity contribution in [2.75, 3.05) is 4.90 Å². The lowest BCUT2D eigenvalue weighted by Crippen LogP contribution is -2.10. The molecule has 10 aromatic carbocycles. The van der Waals surface area contributed by atoms with Gasteiger partial charge in [0.1, 0.15) is 0 Å². The minimum atomic E-state index is 1.09. The van der Waals surface area contributed by atoms with Gasteiger partial charge in [-0.05, 0) is 118 Å². The Bertz CT molecular complexity index is 3570. The Balaban J connectivity index is 0.971. The predicted octanol–water partition coefficient (Wildman–Crippen LogP) is 16.4. The molecular formula is C60H41N3. The van der Waals surface area contributed by atoms with Crippen LogP contribution in [0.3, 0.4) is 0 Å². The van der Waals surface area contributed by atoms with Gasteiger partial charge in [-0.15, -0.1) is 0 Å². The van der Waals surface area contributed by atoms with Crippen LogP contribution < -0.4 is 4.90 Å². The average molecular weight is 804 g/mol. The molecule has 0 unspecified atom stereocenters. The van der Waals surface area contributed by atoms with E-state index < -0.39 is 0 Å². The second kappa shape index (κ2) is 15.3. The SMILES string of the molecule is c1ccc(-c2ccc(N(c3ccc(-c4ccc5c6ccccc6n(-c6ccccc6)c5c4)cc3)c3ccc4c(c3)c3ccccc3n4-c3ccc(-c4ccccc4)cc3)cc2)cc1. The van der Waals surface area contributed by atoms with Crippen molar-refractivity contribution in [1.29, 1.82) is 0 Å². The van der Waals surface area contributed by atoms with E-state index in [4.69, 9.17) is 0 Å². The molecule has 12 aromatic rings. The number of aromatic nitrogens is 2. The zero-order valence-electron chi connectivity index (χ0n) is 34.5. The lowest BCUT2D eigenvalue weighted by molar-refractivity contribution is 1.18. The Hall–Kier alpha value is -8.40. The molecule has 0 saturated heterocycles. The molecule has 0 atom stereocenters. The van der Waals surface area contributed by atoms with E-state index in [9.17, 15) is 0 Å². The normalized spacial score (nSPS) is 11.5. The van der Waals surface area contributed by atoms with Gasteiger partial charge in [-0.3, -0.25) is 0 Å². The summed E-state index contributed by atoms with van der Waals surface area (Å²) in [6, 6.07) is 90.1. The fourth-order valence-corrected chi connectivity index (χ4v) is 9.50. The zero-order valence-corrected chi connectivity index (χ0v) is 34.5. The van der Waals surface area contributed by atoms with Gasteiger partial charge in [0, 0.05) is 50.0 Å². The van der Waals surface area contributed by atoms with Gasteiger partial charge >= 0.3 is 0 Å². The van der Waals surface area contributed by atoms with Gasteiger partial charge in [0.2, 0.25) is 0 Å². The van der Waals surface area contributed by atoms with Crippen molar-refractivity contribution >= 4 is 60.7 Å². The number of benzene rings is 10. The summed E-state index contributed by atoms with van der Waals surface area (Å²) in [5.41, 5.74) is 17.5. The molecule has 0 N–H and O–H groups in total. The Labute approximate surface area is 366 Å². The lowest BCUT2D eigenvalue weighted by atomic mass is 10.0. The van der Waals surface area contributed by atoms with E-state index in [0.717, 1.165) is 28.4 Å². The highest BCUT2D eigenvalue weighted by Gasteiger charge is 2.19. The zero-order chi connectivity index (χ0) is 41.7. The summed E-state index contributed by atoms with van der Waals surface area (Å²) in [5, 5.41) is 4.94. The van der Waals surface area contributed by atoms with Crippen molar-refractivity contribution in [3.05, 3.63) is 249 Å². The van der Waals surface area contributed by atoms with Crippen LogP contribution in [0.25, 0.3) is 88.4 Å². The first kappa shape index (κ1) is 36.5. The van der Waals surface area contributed by atoms with Crippen LogP contribution in [0.15, 0.2) is 249 Å². The smallest absolute Gasteiger partial charge is 0.0547 e. The maximum atomic E-state index is 2.39. The highest BCUT2D eigenvalue weighted by Crippen LogP contribution is 2.42. The van der Waals surface area contributed by atoms with Crippen molar-refractivity contribution in [3.63, 3.8) is 0 Å². The molecular weight excluding hydrogens is 763 g/mol. The first-order valence-electron chi connectivity index (χ1n) is 21.6. The van der Waals surface area contributed by atoms with Crippen molar-refractivity contribution in [2.45, 2.75) is 0 Å². The van der Waals surface area contributed by atoms with Gasteiger partial charge < -0.3 is 14.0 Å². The van der Waals surface area contributed by atoms with Crippen molar-refractivity contribution in [2.24, 2.45) is 0 Å². The summed E-state index contributed by atoms with van der Waals surface area (Å²) in [4.78, 5) is 2.38. The van der Waals surface area contributed by atoms with Crippen molar-refractivity contribution in [3.8, 4) is 44.8 Å². The third-order valence-electron chi connectivity index (χ3n) is 12.5. The van der Waals surface area contributed by atoms with Crippen molar-refractivity contribution < 1.29 is 0 Å². The molecule has 3 heteroatoms. The first-order valence-corrected chi connectivity index (χ1v) is 21.6. The maximum absolute atomic E-state index is 2.39. The van der Waals surface area contributed by atoms with Gasteiger partial charge in [0.25, 0.3) is 0 Å². The lowest BCUT2D eigenvalue weighted by Gasteiger charge is -2.26. The van der Waals surface area contributed by atoms with Crippen LogP contribution in [0.5, 0.6) is 0 Å². The topological polar surface area (TPSA) is 13.1 Å². The number of para-hydroxylation sites is 3. The number of rotatable bonds is 8. The largest absolute Gasteiger partial charge is 0.310 e. The van der Waals surface area contributed by atoms with Gasteiger partial charge in [-0.1, -0.05) is 164 Å². The maximum Gasteiger partial charge on any atom is 0.0547 e. The second-order valence-corrected chi connectivity index (χ2v) is 16.2. The third kappa shape index (κ3) is 6.38. The van der Waals surface area contributed by atoms with E-state index in [-0.39, 0.29) is 0 Å². The Morgan fingerprint density at radius 1 is 0.222 bits per heavy atom. The Morgan fingerprint density at radius 2 is 0.603 bits per heavy atom. The van der Waals surface area contributed by atoms with Gasteiger partial charge in [-0.2, -0.15) is 0 Å². The van der Waals surface area contributed by atoms with Crippen LogP contribution >= 0.6 is 0 Å². The van der Waals surface area contributed by atoms with Crippen LogP contribution in [0, 0.1) is 0 Å². The predicted molar refractivity (Wildman–Crippen MR) is 266 cm³/mol. The molecule has 2 aromatic heterocycles. The van der Waals surface area contributed by atoms with Gasteiger partial charge in [-0.25, -0.2) is 0 Å². The van der Waals surface area contributed by atoms with E-state index in [1.54, 1.807) is 0 Å². The minimum absolute atomic E-state index is 1.09. The van der Waals surface area contributed by atoms with Crippen LogP contribution in [0.4, 0.5) is 17.1 Å². The van der Waals surface area contributed by atoms with E-state index in [0.29, 0.717) is 0 Å². The molecule has 2 heterocycles. The third-order valence-corrected chi connectivity index (χ3v) is 12.5. The number of anilines is 3. The Kier molecular flexibility index (Phi) is 8.83. The summed E-state index contributed by atoms with van der Waals surface area (Å²) in [7, 11) is 0. The standard InChI is InChI=1S/C60H41N3/c1-4-14-42(15-5-1)44-24-31-49(32-25-44)61(50-33-28-46(29-34-50)47-30-38-55-53-20-10-12-22-57(53)63(60(55)40-47)48-18-8-3-9-19-48)52-37-39-59-56(41-52)54-21-11-13-23-58(54)62(59)51-35-26-45(27-36-51)43-16-6-2-7-17-43/h1-41H. The second-order valence-electron chi connectivity index (χ2n) is 16.2. The molecule has 0 amide bonds. The molecule has 0 saturated carbocycles. The summed E-state index contributed by atoms with van der Waals surface area (Å²) in [6.07, 6.45) is 0. The molecule has 0 radical (unpaired) electrons. The number of fused-ring (bicyclic) bond motifs is 6. The number of nitrogens with zero attached hydrogens (tertiary/aromatic N) is 3. The highest BCUT2D eigenvalue weighted by atomic mass is 15.1. The monoisotopic (exact) mass is 803 g/mol. The minimum Gasteiger partial charge on any atom is -0.310 e. The van der Waals surface area contributed by atoms with Gasteiger partial charge in [0.05, 0.1) is 22.1 Å². The quantitative estimate of drug-likeness (QED) is 0.149. The first-order chi connectivity index (χ1) is 31.2.